The van der Waals surface area contributed by atoms with E-state index in [-0.39, 0.29) is 25.3 Å². The van der Waals surface area contributed by atoms with Crippen LogP contribution in [-0.2, 0) is 16.1 Å². The molecular formula is C14H14F6N2O3. The van der Waals surface area contributed by atoms with Crippen molar-refractivity contribution in [3.8, 4) is 5.88 Å². The molecule has 1 amide bonds. The van der Waals surface area contributed by atoms with Crippen molar-refractivity contribution in [3.05, 3.63) is 23.9 Å². The lowest BCUT2D eigenvalue weighted by atomic mass is 9.81. The number of pyridine rings is 1. The first-order chi connectivity index (χ1) is 11.5. The van der Waals surface area contributed by atoms with Crippen LogP contribution in [0.15, 0.2) is 18.3 Å². The monoisotopic (exact) mass is 372 g/mol. The van der Waals surface area contributed by atoms with E-state index in [1.807, 2.05) is 0 Å². The van der Waals surface area contributed by atoms with Crippen molar-refractivity contribution in [2.75, 3.05) is 6.61 Å². The maximum absolute atomic E-state index is 12.1. The maximum atomic E-state index is 12.1. The quantitative estimate of drug-likeness (QED) is 0.780. The van der Waals surface area contributed by atoms with Gasteiger partial charge in [-0.2, -0.15) is 13.2 Å². The largest absolute Gasteiger partial charge is 0.522 e. The molecular weight excluding hydrogens is 358 g/mol. The van der Waals surface area contributed by atoms with Crippen LogP contribution >= 0.6 is 0 Å². The van der Waals surface area contributed by atoms with Gasteiger partial charge in [0.25, 0.3) is 0 Å². The van der Waals surface area contributed by atoms with Crippen molar-refractivity contribution in [1.82, 2.24) is 10.3 Å². The second-order valence-electron chi connectivity index (χ2n) is 5.48. The van der Waals surface area contributed by atoms with E-state index in [2.05, 4.69) is 19.8 Å². The molecule has 1 N–H and O–H groups in total. The zero-order valence-corrected chi connectivity index (χ0v) is 12.7. The van der Waals surface area contributed by atoms with E-state index in [0.29, 0.717) is 5.56 Å². The zero-order chi connectivity index (χ0) is 18.7. The molecule has 0 aromatic carbocycles. The summed E-state index contributed by atoms with van der Waals surface area (Å²) in [6.07, 6.45) is -9.10. The van der Waals surface area contributed by atoms with Crippen molar-refractivity contribution in [1.29, 1.82) is 0 Å². The number of alkyl halides is 6. The molecule has 140 valence electrons. The number of carbonyl (C=O) groups excluding carboxylic acids is 1. The molecule has 1 aliphatic carbocycles. The van der Waals surface area contributed by atoms with E-state index in [9.17, 15) is 31.1 Å². The lowest BCUT2D eigenvalue weighted by molar-refractivity contribution is -0.353. The molecule has 2 rings (SSSR count). The van der Waals surface area contributed by atoms with E-state index < -0.39 is 37.1 Å². The van der Waals surface area contributed by atoms with Gasteiger partial charge in [-0.1, -0.05) is 0 Å². The predicted molar refractivity (Wildman–Crippen MR) is 71.3 cm³/mol. The summed E-state index contributed by atoms with van der Waals surface area (Å²) >= 11 is 0. The van der Waals surface area contributed by atoms with E-state index in [4.69, 9.17) is 0 Å². The average Bonchev–Trinajstić information content (AvgIpc) is 2.45. The first-order valence-corrected chi connectivity index (χ1v) is 7.18. The Labute approximate surface area is 138 Å². The summed E-state index contributed by atoms with van der Waals surface area (Å²) in [5, 5.41) is 2.50. The van der Waals surface area contributed by atoms with Crippen molar-refractivity contribution >= 4 is 5.91 Å². The summed E-state index contributed by atoms with van der Waals surface area (Å²) in [7, 11) is 0. The predicted octanol–water partition coefficient (Wildman–Crippen LogP) is 2.95. The molecule has 0 atom stereocenters. The minimum Gasteiger partial charge on any atom is -0.468 e. The van der Waals surface area contributed by atoms with Gasteiger partial charge in [-0.25, -0.2) is 4.98 Å². The lowest BCUT2D eigenvalue weighted by Gasteiger charge is -2.34. The van der Waals surface area contributed by atoms with Gasteiger partial charge in [0.1, 0.15) is 0 Å². The average molecular weight is 372 g/mol. The highest BCUT2D eigenvalue weighted by Crippen LogP contribution is 2.34. The fourth-order valence-corrected chi connectivity index (χ4v) is 2.19. The minimum absolute atomic E-state index is 0.00890. The molecule has 0 aliphatic heterocycles. The van der Waals surface area contributed by atoms with Crippen molar-refractivity contribution in [3.63, 3.8) is 0 Å². The smallest absolute Gasteiger partial charge is 0.468 e. The summed E-state index contributed by atoms with van der Waals surface area (Å²) < 4.78 is 80.5. The van der Waals surface area contributed by atoms with Gasteiger partial charge in [-0.05, 0) is 24.5 Å². The van der Waals surface area contributed by atoms with Gasteiger partial charge in [0.15, 0.2) is 6.61 Å². The molecule has 0 spiro atoms. The number of nitrogens with one attached hydrogen (secondary N) is 1. The number of halogens is 6. The Morgan fingerprint density at radius 2 is 1.92 bits per heavy atom. The lowest BCUT2D eigenvalue weighted by Crippen LogP contribution is -2.43. The Hall–Kier alpha value is -2.04. The number of rotatable bonds is 6. The number of aromatic nitrogens is 1. The third kappa shape index (κ3) is 6.77. The molecule has 1 aromatic heterocycles. The number of ether oxygens (including phenoxy) is 2. The van der Waals surface area contributed by atoms with Crippen LogP contribution in [0.1, 0.15) is 18.4 Å². The van der Waals surface area contributed by atoms with Crippen LogP contribution in [0.4, 0.5) is 26.3 Å². The number of hydrogen-bond donors (Lipinski definition) is 1. The van der Waals surface area contributed by atoms with Gasteiger partial charge in [-0.15, -0.1) is 13.2 Å². The van der Waals surface area contributed by atoms with Crippen LogP contribution in [0.5, 0.6) is 5.88 Å². The summed E-state index contributed by atoms with van der Waals surface area (Å²) in [6.45, 7) is -1.50. The van der Waals surface area contributed by atoms with Crippen LogP contribution in [-0.4, -0.2) is 36.1 Å². The Kier molecular flexibility index (Phi) is 5.76. The number of nitrogens with zero attached hydrogens (tertiary/aromatic N) is 1. The molecule has 25 heavy (non-hydrogen) atoms. The summed E-state index contributed by atoms with van der Waals surface area (Å²) in [6, 6.07) is 2.71. The van der Waals surface area contributed by atoms with E-state index in [1.54, 1.807) is 0 Å². The van der Waals surface area contributed by atoms with Gasteiger partial charge in [0.2, 0.25) is 11.8 Å². The highest BCUT2D eigenvalue weighted by Gasteiger charge is 2.42. The van der Waals surface area contributed by atoms with Crippen LogP contribution in [0.3, 0.4) is 0 Å². The minimum atomic E-state index is -4.73. The van der Waals surface area contributed by atoms with Crippen molar-refractivity contribution in [2.45, 2.75) is 38.0 Å². The second kappa shape index (κ2) is 7.46. The Morgan fingerprint density at radius 1 is 1.24 bits per heavy atom. The first-order valence-electron chi connectivity index (χ1n) is 7.18. The molecule has 0 bridgehead atoms. The van der Waals surface area contributed by atoms with Gasteiger partial charge >= 0.3 is 12.5 Å². The number of amides is 1. The number of hydrogen-bond acceptors (Lipinski definition) is 4. The fourth-order valence-electron chi connectivity index (χ4n) is 2.19. The van der Waals surface area contributed by atoms with E-state index in [0.717, 1.165) is 0 Å². The summed E-state index contributed by atoms with van der Waals surface area (Å²) in [5.74, 6) is -1.28. The van der Waals surface area contributed by atoms with Gasteiger partial charge in [-0.3, -0.25) is 9.53 Å². The van der Waals surface area contributed by atoms with Crippen LogP contribution in [0, 0.1) is 5.92 Å². The SMILES string of the molecule is O=C(NCc1ccnc(OCC(F)(F)F)c1)C1CC(OC(F)(F)F)C1. The Bertz CT molecular complexity index is 599. The normalized spacial score (nSPS) is 20.7. The molecule has 1 heterocycles. The Balaban J connectivity index is 1.75. The molecule has 0 saturated heterocycles. The third-order valence-electron chi connectivity index (χ3n) is 3.42. The van der Waals surface area contributed by atoms with Gasteiger partial charge in [0, 0.05) is 24.7 Å². The molecule has 0 radical (unpaired) electrons. The molecule has 5 nitrogen and oxygen atoms in total. The summed E-state index contributed by atoms with van der Waals surface area (Å²) in [5.41, 5.74) is 0.447. The summed E-state index contributed by atoms with van der Waals surface area (Å²) in [4.78, 5) is 15.4. The van der Waals surface area contributed by atoms with Gasteiger partial charge < -0.3 is 10.1 Å². The van der Waals surface area contributed by atoms with Crippen LogP contribution < -0.4 is 10.1 Å². The highest BCUT2D eigenvalue weighted by molar-refractivity contribution is 5.79. The zero-order valence-electron chi connectivity index (χ0n) is 12.7. The number of carbonyl (C=O) groups is 1. The molecule has 1 aliphatic rings. The maximum Gasteiger partial charge on any atom is 0.522 e. The molecule has 1 saturated carbocycles. The Morgan fingerprint density at radius 3 is 2.52 bits per heavy atom. The topological polar surface area (TPSA) is 60.5 Å². The highest BCUT2D eigenvalue weighted by atomic mass is 19.4. The van der Waals surface area contributed by atoms with Gasteiger partial charge in [0.05, 0.1) is 6.10 Å². The van der Waals surface area contributed by atoms with Crippen LogP contribution in [0.2, 0.25) is 0 Å². The van der Waals surface area contributed by atoms with E-state index in [1.165, 1.54) is 18.3 Å². The first kappa shape index (κ1) is 19.3. The fraction of sp³-hybridized carbons (Fsp3) is 0.571. The molecule has 1 fully saturated rings. The standard InChI is InChI=1S/C14H14F6N2O3/c15-13(16,17)7-24-11-3-8(1-2-21-11)6-22-12(23)9-4-10(5-9)25-14(18,19)20/h1-3,9-10H,4-7H2,(H,22,23). The molecule has 1 aromatic rings. The second-order valence-corrected chi connectivity index (χ2v) is 5.48. The molecule has 0 unspecified atom stereocenters. The van der Waals surface area contributed by atoms with Crippen LogP contribution in [0.25, 0.3) is 0 Å². The van der Waals surface area contributed by atoms with Crippen molar-refractivity contribution < 1.29 is 40.6 Å². The van der Waals surface area contributed by atoms with E-state index >= 15 is 0 Å². The third-order valence-corrected chi connectivity index (χ3v) is 3.42. The van der Waals surface area contributed by atoms with Crippen molar-refractivity contribution in [2.24, 2.45) is 5.92 Å². The molecule has 11 heteroatoms.